The largest absolute Gasteiger partial charge is 0.206 e. The zero-order valence-electron chi connectivity index (χ0n) is 11.4. The van der Waals surface area contributed by atoms with Crippen molar-refractivity contribution in [1.82, 2.24) is 0 Å². The first-order chi connectivity index (χ1) is 8.81. The highest BCUT2D eigenvalue weighted by Crippen LogP contribution is 2.22. The average Bonchev–Trinajstić information content (AvgIpc) is 2.43. The third-order valence-electron chi connectivity index (χ3n) is 2.68. The summed E-state index contributed by atoms with van der Waals surface area (Å²) in [5.74, 6) is -0.161. The van der Waals surface area contributed by atoms with Gasteiger partial charge in [-0.25, -0.2) is 4.39 Å². The van der Waals surface area contributed by atoms with E-state index >= 15 is 0 Å². The van der Waals surface area contributed by atoms with Crippen LogP contribution in [0.2, 0.25) is 0 Å². The molecular weight excluding hydrogens is 235 g/mol. The van der Waals surface area contributed by atoms with Crippen molar-refractivity contribution in [3.8, 4) is 11.1 Å². The fourth-order valence-electron chi connectivity index (χ4n) is 1.83. The van der Waals surface area contributed by atoms with E-state index in [1.165, 1.54) is 11.6 Å². The minimum atomic E-state index is -0.161. The maximum absolute atomic E-state index is 13.5. The van der Waals surface area contributed by atoms with Crippen molar-refractivity contribution in [2.24, 2.45) is 0 Å². The molecule has 0 saturated carbocycles. The van der Waals surface area contributed by atoms with Crippen molar-refractivity contribution in [3.05, 3.63) is 59.9 Å². The lowest BCUT2D eigenvalue weighted by Gasteiger charge is -2.04. The van der Waals surface area contributed by atoms with Gasteiger partial charge in [-0.05, 0) is 23.6 Å². The molecule has 2 aromatic carbocycles. The van der Waals surface area contributed by atoms with Gasteiger partial charge in [0, 0.05) is 5.56 Å². The standard InChI is InChI=1S/C15H15F.C2H6.CH4/c1-2-5-12-8-10-13(11-9-12)14-6-3-4-7-15(14)16;1-2;/h3-4,6-11H,2,5H2,1H3;1-2H3;1H4. The van der Waals surface area contributed by atoms with Crippen LogP contribution in [0.4, 0.5) is 4.39 Å². The van der Waals surface area contributed by atoms with Crippen molar-refractivity contribution in [2.75, 3.05) is 0 Å². The van der Waals surface area contributed by atoms with Crippen molar-refractivity contribution < 1.29 is 4.39 Å². The summed E-state index contributed by atoms with van der Waals surface area (Å²) in [6, 6.07) is 15.0. The summed E-state index contributed by atoms with van der Waals surface area (Å²) in [4.78, 5) is 0. The SMILES string of the molecule is C.CC.CCCc1ccc(-c2ccccc2F)cc1. The van der Waals surface area contributed by atoms with Gasteiger partial charge in [-0.1, -0.05) is 77.1 Å². The van der Waals surface area contributed by atoms with Crippen LogP contribution in [0.1, 0.15) is 40.2 Å². The molecule has 1 heteroatoms. The zero-order valence-corrected chi connectivity index (χ0v) is 11.4. The van der Waals surface area contributed by atoms with E-state index in [9.17, 15) is 4.39 Å². The lowest BCUT2D eigenvalue weighted by Crippen LogP contribution is -1.86. The number of aryl methyl sites for hydroxylation is 1. The van der Waals surface area contributed by atoms with Crippen LogP contribution in [-0.2, 0) is 6.42 Å². The number of rotatable bonds is 3. The first-order valence-electron chi connectivity index (χ1n) is 6.65. The molecule has 0 heterocycles. The fourth-order valence-corrected chi connectivity index (χ4v) is 1.83. The first kappa shape index (κ1) is 17.4. The number of hydrogen-bond donors (Lipinski definition) is 0. The van der Waals surface area contributed by atoms with Crippen LogP contribution in [-0.4, -0.2) is 0 Å². The van der Waals surface area contributed by atoms with Crippen LogP contribution in [0.3, 0.4) is 0 Å². The lowest BCUT2D eigenvalue weighted by molar-refractivity contribution is 0.631. The van der Waals surface area contributed by atoms with E-state index in [-0.39, 0.29) is 13.2 Å². The summed E-state index contributed by atoms with van der Waals surface area (Å²) in [6.07, 6.45) is 2.22. The van der Waals surface area contributed by atoms with Gasteiger partial charge in [0.15, 0.2) is 0 Å². The van der Waals surface area contributed by atoms with Crippen LogP contribution >= 0.6 is 0 Å². The third kappa shape index (κ3) is 4.86. The molecule has 2 rings (SSSR count). The molecule has 0 fully saturated rings. The maximum atomic E-state index is 13.5. The summed E-state index contributed by atoms with van der Waals surface area (Å²) in [7, 11) is 0. The second-order valence-electron chi connectivity index (χ2n) is 3.93. The molecule has 0 unspecified atom stereocenters. The van der Waals surface area contributed by atoms with Crippen molar-refractivity contribution in [3.63, 3.8) is 0 Å². The Labute approximate surface area is 117 Å². The summed E-state index contributed by atoms with van der Waals surface area (Å²) in [6.45, 7) is 6.16. The highest BCUT2D eigenvalue weighted by atomic mass is 19.1. The van der Waals surface area contributed by atoms with E-state index in [0.29, 0.717) is 5.56 Å². The Morgan fingerprint density at radius 3 is 2.00 bits per heavy atom. The topological polar surface area (TPSA) is 0 Å². The smallest absolute Gasteiger partial charge is 0.131 e. The molecule has 0 aliphatic rings. The monoisotopic (exact) mass is 260 g/mol. The maximum Gasteiger partial charge on any atom is 0.131 e. The molecule has 0 aromatic heterocycles. The molecule has 2 aromatic rings. The summed E-state index contributed by atoms with van der Waals surface area (Å²) >= 11 is 0. The van der Waals surface area contributed by atoms with Crippen molar-refractivity contribution in [1.29, 1.82) is 0 Å². The molecule has 0 nitrogen and oxygen atoms in total. The highest BCUT2D eigenvalue weighted by molar-refractivity contribution is 5.64. The average molecular weight is 260 g/mol. The first-order valence-corrected chi connectivity index (χ1v) is 6.65. The van der Waals surface area contributed by atoms with Gasteiger partial charge in [0.25, 0.3) is 0 Å². The third-order valence-corrected chi connectivity index (χ3v) is 2.68. The molecule has 0 aliphatic heterocycles. The van der Waals surface area contributed by atoms with Gasteiger partial charge in [-0.15, -0.1) is 0 Å². The molecule has 0 saturated heterocycles. The minimum Gasteiger partial charge on any atom is -0.206 e. The Balaban J connectivity index is 0.00000103. The van der Waals surface area contributed by atoms with Crippen LogP contribution in [0.15, 0.2) is 48.5 Å². The Morgan fingerprint density at radius 2 is 1.47 bits per heavy atom. The van der Waals surface area contributed by atoms with Gasteiger partial charge in [0.1, 0.15) is 5.82 Å². The fraction of sp³-hybridized carbons (Fsp3) is 0.333. The Hall–Kier alpha value is -1.63. The van der Waals surface area contributed by atoms with E-state index in [0.717, 1.165) is 18.4 Å². The van der Waals surface area contributed by atoms with Gasteiger partial charge in [0.2, 0.25) is 0 Å². The number of benzene rings is 2. The normalized spacial score (nSPS) is 9.05. The summed E-state index contributed by atoms with van der Waals surface area (Å²) in [5.41, 5.74) is 2.92. The number of halogens is 1. The van der Waals surface area contributed by atoms with Gasteiger partial charge in [-0.2, -0.15) is 0 Å². The van der Waals surface area contributed by atoms with E-state index in [1.54, 1.807) is 6.07 Å². The molecule has 0 amide bonds. The van der Waals surface area contributed by atoms with E-state index in [1.807, 2.05) is 38.1 Å². The van der Waals surface area contributed by atoms with Crippen molar-refractivity contribution >= 4 is 0 Å². The Kier molecular flexibility index (Phi) is 8.52. The summed E-state index contributed by atoms with van der Waals surface area (Å²) < 4.78 is 13.5. The minimum absolute atomic E-state index is 0. The second kappa shape index (κ2) is 9.32. The Bertz CT molecular complexity index is 457. The predicted molar refractivity (Wildman–Crippen MR) is 83.9 cm³/mol. The van der Waals surface area contributed by atoms with Crippen LogP contribution in [0, 0.1) is 5.82 Å². The molecular formula is C18H25F. The molecule has 19 heavy (non-hydrogen) atoms. The van der Waals surface area contributed by atoms with E-state index in [4.69, 9.17) is 0 Å². The van der Waals surface area contributed by atoms with Crippen LogP contribution in [0.25, 0.3) is 11.1 Å². The molecule has 0 N–H and O–H groups in total. The van der Waals surface area contributed by atoms with Gasteiger partial charge in [0.05, 0.1) is 0 Å². The van der Waals surface area contributed by atoms with Crippen LogP contribution in [0.5, 0.6) is 0 Å². The van der Waals surface area contributed by atoms with Crippen LogP contribution < -0.4 is 0 Å². The van der Waals surface area contributed by atoms with Gasteiger partial charge < -0.3 is 0 Å². The van der Waals surface area contributed by atoms with Gasteiger partial charge in [-0.3, -0.25) is 0 Å². The molecule has 0 radical (unpaired) electrons. The second-order valence-corrected chi connectivity index (χ2v) is 3.93. The van der Waals surface area contributed by atoms with E-state index < -0.39 is 0 Å². The molecule has 0 atom stereocenters. The molecule has 104 valence electrons. The Morgan fingerprint density at radius 1 is 0.895 bits per heavy atom. The van der Waals surface area contributed by atoms with Crippen molar-refractivity contribution in [2.45, 2.75) is 41.0 Å². The molecule has 0 bridgehead atoms. The number of hydrogen-bond acceptors (Lipinski definition) is 0. The van der Waals surface area contributed by atoms with E-state index in [2.05, 4.69) is 19.1 Å². The predicted octanol–water partition coefficient (Wildman–Crippen LogP) is 6.11. The lowest BCUT2D eigenvalue weighted by atomic mass is 10.0. The quantitative estimate of drug-likeness (QED) is 0.624. The zero-order chi connectivity index (χ0) is 13.4. The van der Waals surface area contributed by atoms with Gasteiger partial charge >= 0.3 is 0 Å². The summed E-state index contributed by atoms with van der Waals surface area (Å²) in [5, 5.41) is 0. The highest BCUT2D eigenvalue weighted by Gasteiger charge is 2.03. The molecule has 0 aliphatic carbocycles. The molecule has 0 spiro atoms.